The maximum atomic E-state index is 12.2. The van der Waals surface area contributed by atoms with E-state index in [4.69, 9.17) is 11.0 Å². The van der Waals surface area contributed by atoms with Gasteiger partial charge in [-0.1, -0.05) is 6.07 Å². The molecule has 0 saturated carbocycles. The smallest absolute Gasteiger partial charge is 0.255 e. The first-order valence-corrected chi connectivity index (χ1v) is 6.39. The molecule has 2 aromatic rings. The molecule has 0 aliphatic rings. The zero-order chi connectivity index (χ0) is 15.4. The van der Waals surface area contributed by atoms with Crippen LogP contribution in [-0.4, -0.2) is 20.0 Å². The van der Waals surface area contributed by atoms with Gasteiger partial charge in [-0.15, -0.1) is 0 Å². The van der Waals surface area contributed by atoms with Gasteiger partial charge in [0, 0.05) is 25.3 Å². The Morgan fingerprint density at radius 1 is 1.24 bits per heavy atom. The molecule has 0 aliphatic carbocycles. The number of nitriles is 1. The van der Waals surface area contributed by atoms with Gasteiger partial charge in [-0.3, -0.25) is 4.79 Å². The molecule has 0 unspecified atom stereocenters. The predicted molar refractivity (Wildman–Crippen MR) is 84.3 cm³/mol. The standard InChI is InChI=1S/C16H16N4O/c1-20(2)13-5-3-4-12(9-13)16(21)19-15-7-6-11(10-17)8-14(15)18/h3-9H,18H2,1-2H3,(H,19,21). The van der Waals surface area contributed by atoms with Crippen molar-refractivity contribution in [2.24, 2.45) is 0 Å². The average Bonchev–Trinajstić information content (AvgIpc) is 2.49. The van der Waals surface area contributed by atoms with Crippen LogP contribution in [0.2, 0.25) is 0 Å². The van der Waals surface area contributed by atoms with Gasteiger partial charge in [0.2, 0.25) is 0 Å². The second kappa shape index (κ2) is 5.97. The van der Waals surface area contributed by atoms with E-state index >= 15 is 0 Å². The number of nitrogens with one attached hydrogen (secondary N) is 1. The third-order valence-electron chi connectivity index (χ3n) is 3.05. The molecular formula is C16H16N4O. The van der Waals surface area contributed by atoms with Gasteiger partial charge in [0.05, 0.1) is 23.0 Å². The third-order valence-corrected chi connectivity index (χ3v) is 3.05. The number of hydrogen-bond acceptors (Lipinski definition) is 4. The normalized spacial score (nSPS) is 9.76. The molecule has 2 aromatic carbocycles. The summed E-state index contributed by atoms with van der Waals surface area (Å²) in [5, 5.41) is 11.5. The number of anilines is 3. The van der Waals surface area contributed by atoms with Crippen molar-refractivity contribution in [2.45, 2.75) is 0 Å². The fraction of sp³-hybridized carbons (Fsp3) is 0.125. The Morgan fingerprint density at radius 2 is 2.00 bits per heavy atom. The van der Waals surface area contributed by atoms with Crippen LogP contribution < -0.4 is 16.0 Å². The Bertz CT molecular complexity index is 716. The highest BCUT2D eigenvalue weighted by Crippen LogP contribution is 2.21. The van der Waals surface area contributed by atoms with Crippen molar-refractivity contribution < 1.29 is 4.79 Å². The van der Waals surface area contributed by atoms with E-state index in [0.29, 0.717) is 22.5 Å². The second-order valence-corrected chi connectivity index (χ2v) is 4.81. The molecule has 0 radical (unpaired) electrons. The van der Waals surface area contributed by atoms with E-state index in [2.05, 4.69) is 5.32 Å². The van der Waals surface area contributed by atoms with Gasteiger partial charge in [0.15, 0.2) is 0 Å². The van der Waals surface area contributed by atoms with Gasteiger partial charge in [-0.25, -0.2) is 0 Å². The molecule has 0 spiro atoms. The van der Waals surface area contributed by atoms with Crippen molar-refractivity contribution >= 4 is 23.0 Å². The zero-order valence-electron chi connectivity index (χ0n) is 11.9. The number of carbonyl (C=O) groups is 1. The van der Waals surface area contributed by atoms with Crippen molar-refractivity contribution in [3.63, 3.8) is 0 Å². The van der Waals surface area contributed by atoms with Crippen molar-refractivity contribution in [1.82, 2.24) is 0 Å². The fourth-order valence-electron chi connectivity index (χ4n) is 1.87. The first-order valence-electron chi connectivity index (χ1n) is 6.39. The summed E-state index contributed by atoms with van der Waals surface area (Å²) in [6, 6.07) is 14.1. The highest BCUT2D eigenvalue weighted by Gasteiger charge is 2.09. The summed E-state index contributed by atoms with van der Waals surface area (Å²) in [5.41, 5.74) is 8.63. The lowest BCUT2D eigenvalue weighted by atomic mass is 10.1. The maximum absolute atomic E-state index is 12.2. The van der Waals surface area contributed by atoms with Gasteiger partial charge in [0.25, 0.3) is 5.91 Å². The molecule has 5 heteroatoms. The summed E-state index contributed by atoms with van der Waals surface area (Å²) in [4.78, 5) is 14.2. The van der Waals surface area contributed by atoms with Crippen molar-refractivity contribution in [3.8, 4) is 6.07 Å². The number of nitrogens with zero attached hydrogens (tertiary/aromatic N) is 2. The minimum atomic E-state index is -0.241. The molecule has 0 aliphatic heterocycles. The number of nitrogens with two attached hydrogens (primary N) is 1. The van der Waals surface area contributed by atoms with E-state index in [0.717, 1.165) is 5.69 Å². The topological polar surface area (TPSA) is 82.2 Å². The Labute approximate surface area is 123 Å². The molecule has 0 heterocycles. The van der Waals surface area contributed by atoms with E-state index < -0.39 is 0 Å². The van der Waals surface area contributed by atoms with Gasteiger partial charge in [-0.05, 0) is 36.4 Å². The maximum Gasteiger partial charge on any atom is 0.255 e. The molecule has 0 fully saturated rings. The molecule has 21 heavy (non-hydrogen) atoms. The molecule has 0 saturated heterocycles. The van der Waals surface area contributed by atoms with E-state index in [1.54, 1.807) is 24.3 Å². The first-order chi connectivity index (χ1) is 10.0. The number of benzene rings is 2. The molecule has 106 valence electrons. The molecule has 0 atom stereocenters. The van der Waals surface area contributed by atoms with Gasteiger partial charge >= 0.3 is 0 Å². The lowest BCUT2D eigenvalue weighted by molar-refractivity contribution is 0.102. The number of nitrogen functional groups attached to an aromatic ring is 1. The van der Waals surface area contributed by atoms with Crippen molar-refractivity contribution in [3.05, 3.63) is 53.6 Å². The lowest BCUT2D eigenvalue weighted by Crippen LogP contribution is -2.15. The summed E-state index contributed by atoms with van der Waals surface area (Å²) < 4.78 is 0. The van der Waals surface area contributed by atoms with E-state index in [9.17, 15) is 4.79 Å². The Morgan fingerprint density at radius 3 is 2.62 bits per heavy atom. The molecular weight excluding hydrogens is 264 g/mol. The van der Waals surface area contributed by atoms with Crippen LogP contribution in [0.25, 0.3) is 0 Å². The second-order valence-electron chi connectivity index (χ2n) is 4.81. The summed E-state index contributed by atoms with van der Waals surface area (Å²) in [6.45, 7) is 0. The van der Waals surface area contributed by atoms with E-state index in [1.165, 1.54) is 6.07 Å². The molecule has 1 amide bonds. The lowest BCUT2D eigenvalue weighted by Gasteiger charge is -2.14. The zero-order valence-corrected chi connectivity index (χ0v) is 11.9. The highest BCUT2D eigenvalue weighted by atomic mass is 16.1. The quantitative estimate of drug-likeness (QED) is 0.846. The predicted octanol–water partition coefficient (Wildman–Crippen LogP) is 2.46. The number of amides is 1. The first kappa shape index (κ1) is 14.4. The van der Waals surface area contributed by atoms with Crippen LogP contribution in [0.4, 0.5) is 17.1 Å². The van der Waals surface area contributed by atoms with E-state index in [-0.39, 0.29) is 5.91 Å². The number of hydrogen-bond donors (Lipinski definition) is 2. The summed E-state index contributed by atoms with van der Waals surface area (Å²) in [5.74, 6) is -0.241. The van der Waals surface area contributed by atoms with Crippen LogP contribution >= 0.6 is 0 Å². The largest absolute Gasteiger partial charge is 0.397 e. The summed E-state index contributed by atoms with van der Waals surface area (Å²) in [6.07, 6.45) is 0. The average molecular weight is 280 g/mol. The molecule has 0 aromatic heterocycles. The third kappa shape index (κ3) is 3.31. The van der Waals surface area contributed by atoms with E-state index in [1.807, 2.05) is 37.2 Å². The minimum Gasteiger partial charge on any atom is -0.397 e. The van der Waals surface area contributed by atoms with Crippen LogP contribution in [0.15, 0.2) is 42.5 Å². The van der Waals surface area contributed by atoms with Crippen molar-refractivity contribution in [1.29, 1.82) is 5.26 Å². The number of carbonyl (C=O) groups excluding carboxylic acids is 1. The van der Waals surface area contributed by atoms with Crippen molar-refractivity contribution in [2.75, 3.05) is 30.0 Å². The van der Waals surface area contributed by atoms with Crippen LogP contribution in [0.1, 0.15) is 15.9 Å². The molecule has 2 rings (SSSR count). The highest BCUT2D eigenvalue weighted by molar-refractivity contribution is 6.06. The summed E-state index contributed by atoms with van der Waals surface area (Å²) in [7, 11) is 3.82. The SMILES string of the molecule is CN(C)c1cccc(C(=O)Nc2ccc(C#N)cc2N)c1. The fourth-order valence-corrected chi connectivity index (χ4v) is 1.87. The van der Waals surface area contributed by atoms with Crippen LogP contribution in [0.5, 0.6) is 0 Å². The Balaban J connectivity index is 2.22. The number of rotatable bonds is 3. The molecule has 0 bridgehead atoms. The van der Waals surface area contributed by atoms with Gasteiger partial charge in [-0.2, -0.15) is 5.26 Å². The van der Waals surface area contributed by atoms with Crippen LogP contribution in [0.3, 0.4) is 0 Å². The summed E-state index contributed by atoms with van der Waals surface area (Å²) >= 11 is 0. The minimum absolute atomic E-state index is 0.241. The van der Waals surface area contributed by atoms with Crippen LogP contribution in [0, 0.1) is 11.3 Å². The van der Waals surface area contributed by atoms with Gasteiger partial charge < -0.3 is 16.0 Å². The Kier molecular flexibility index (Phi) is 4.10. The van der Waals surface area contributed by atoms with Crippen LogP contribution in [-0.2, 0) is 0 Å². The van der Waals surface area contributed by atoms with Gasteiger partial charge in [0.1, 0.15) is 0 Å². The molecule has 3 N–H and O–H groups in total. The molecule has 5 nitrogen and oxygen atoms in total. The Hall–Kier alpha value is -3.00. The monoisotopic (exact) mass is 280 g/mol.